The molecule has 0 saturated carbocycles. The molecule has 1 saturated heterocycles. The van der Waals surface area contributed by atoms with Crippen LogP contribution in [0.5, 0.6) is 0 Å². The fraction of sp³-hybridized carbons (Fsp3) is 0.700. The molecule has 1 rings (SSSR count). The fourth-order valence-corrected chi connectivity index (χ4v) is 1.95. The summed E-state index contributed by atoms with van der Waals surface area (Å²) >= 11 is 0. The maximum atomic E-state index is 13.0. The van der Waals surface area contributed by atoms with E-state index in [4.69, 9.17) is 10.8 Å². The maximum absolute atomic E-state index is 13.0. The third kappa shape index (κ3) is 3.18. The van der Waals surface area contributed by atoms with E-state index in [1.807, 2.05) is 0 Å². The third-order valence-corrected chi connectivity index (χ3v) is 3.14. The van der Waals surface area contributed by atoms with Crippen molar-refractivity contribution in [3.63, 3.8) is 0 Å². The second kappa shape index (κ2) is 5.65. The van der Waals surface area contributed by atoms with Crippen LogP contribution in [-0.4, -0.2) is 48.2 Å². The standard InChI is InChI=1S/C10H14F3N3O4/c11-10(12,13)9(1-2-15-4-9)8(20)16-5(7(18)19)3-6(14)17/h5,15H,1-4H2,(H2,14,17)(H,16,20)(H,18,19). The number of carboxylic acid groups (broad SMARTS) is 1. The first kappa shape index (κ1) is 16.2. The van der Waals surface area contributed by atoms with Crippen LogP contribution in [0.3, 0.4) is 0 Å². The molecule has 0 aromatic rings. The van der Waals surface area contributed by atoms with Crippen LogP contribution in [-0.2, 0) is 14.4 Å². The molecule has 1 aliphatic heterocycles. The Bertz CT molecular complexity index is 418. The summed E-state index contributed by atoms with van der Waals surface area (Å²) in [6.45, 7) is -0.647. The van der Waals surface area contributed by atoms with Crippen molar-refractivity contribution in [3.05, 3.63) is 0 Å². The fourth-order valence-electron chi connectivity index (χ4n) is 1.95. The van der Waals surface area contributed by atoms with Gasteiger partial charge < -0.3 is 21.5 Å². The number of rotatable bonds is 5. The predicted molar refractivity (Wildman–Crippen MR) is 59.4 cm³/mol. The zero-order valence-electron chi connectivity index (χ0n) is 10.3. The van der Waals surface area contributed by atoms with Crippen molar-refractivity contribution in [2.45, 2.75) is 25.1 Å². The molecule has 0 aromatic carbocycles. The number of primary amides is 1. The monoisotopic (exact) mass is 297 g/mol. The third-order valence-electron chi connectivity index (χ3n) is 3.14. The van der Waals surface area contributed by atoms with E-state index in [-0.39, 0.29) is 6.54 Å². The number of halogens is 3. The predicted octanol–water partition coefficient (Wildman–Crippen LogP) is -1.03. The average Bonchev–Trinajstić information content (AvgIpc) is 2.76. The minimum Gasteiger partial charge on any atom is -0.480 e. The molecule has 1 heterocycles. The lowest BCUT2D eigenvalue weighted by atomic mass is 9.85. The van der Waals surface area contributed by atoms with Gasteiger partial charge in [0.05, 0.1) is 6.42 Å². The summed E-state index contributed by atoms with van der Waals surface area (Å²) in [5.41, 5.74) is 2.11. The first-order chi connectivity index (χ1) is 9.10. The topological polar surface area (TPSA) is 122 Å². The van der Waals surface area contributed by atoms with Gasteiger partial charge in [0.15, 0.2) is 5.41 Å². The summed E-state index contributed by atoms with van der Waals surface area (Å²) in [5.74, 6) is -4.13. The number of nitrogens with two attached hydrogens (primary N) is 1. The number of carbonyl (C=O) groups excluding carboxylic acids is 2. The molecule has 114 valence electrons. The Kier molecular flexibility index (Phi) is 4.58. The molecule has 2 amide bonds. The molecule has 0 radical (unpaired) electrons. The highest BCUT2D eigenvalue weighted by Gasteiger charge is 2.61. The Balaban J connectivity index is 2.91. The van der Waals surface area contributed by atoms with Crippen LogP contribution in [0.25, 0.3) is 0 Å². The molecule has 0 aliphatic carbocycles. The minimum absolute atomic E-state index is 0.0134. The van der Waals surface area contributed by atoms with Crippen LogP contribution in [0, 0.1) is 5.41 Å². The molecule has 1 fully saturated rings. The normalized spacial score (nSPS) is 24.1. The van der Waals surface area contributed by atoms with Gasteiger partial charge in [-0.1, -0.05) is 0 Å². The SMILES string of the molecule is NC(=O)CC(NC(=O)C1(C(F)(F)F)CCNC1)C(=O)O. The number of alkyl halides is 3. The van der Waals surface area contributed by atoms with Gasteiger partial charge in [0.1, 0.15) is 6.04 Å². The summed E-state index contributed by atoms with van der Waals surface area (Å²) in [7, 11) is 0. The Morgan fingerprint density at radius 1 is 1.40 bits per heavy atom. The van der Waals surface area contributed by atoms with Crippen molar-refractivity contribution in [1.82, 2.24) is 10.6 Å². The molecular formula is C10H14F3N3O4. The van der Waals surface area contributed by atoms with Gasteiger partial charge in [0.2, 0.25) is 11.8 Å². The molecule has 10 heteroatoms. The largest absolute Gasteiger partial charge is 0.480 e. The maximum Gasteiger partial charge on any atom is 0.404 e. The molecule has 0 aromatic heterocycles. The van der Waals surface area contributed by atoms with Crippen LogP contribution >= 0.6 is 0 Å². The van der Waals surface area contributed by atoms with E-state index in [2.05, 4.69) is 5.32 Å². The highest BCUT2D eigenvalue weighted by Crippen LogP contribution is 2.43. The Hall–Kier alpha value is -1.84. The molecule has 0 bridgehead atoms. The smallest absolute Gasteiger partial charge is 0.404 e. The van der Waals surface area contributed by atoms with Gasteiger partial charge in [-0.3, -0.25) is 9.59 Å². The van der Waals surface area contributed by atoms with Crippen molar-refractivity contribution < 1.29 is 32.7 Å². The lowest BCUT2D eigenvalue weighted by Crippen LogP contribution is -2.56. The van der Waals surface area contributed by atoms with Crippen molar-refractivity contribution in [2.75, 3.05) is 13.1 Å². The molecule has 0 spiro atoms. The summed E-state index contributed by atoms with van der Waals surface area (Å²) in [4.78, 5) is 33.3. The van der Waals surface area contributed by atoms with Gasteiger partial charge in [-0.05, 0) is 13.0 Å². The molecule has 7 nitrogen and oxygen atoms in total. The first-order valence-electron chi connectivity index (χ1n) is 5.69. The van der Waals surface area contributed by atoms with Gasteiger partial charge in [-0.2, -0.15) is 13.2 Å². The summed E-state index contributed by atoms with van der Waals surface area (Å²) in [6.07, 6.45) is -6.09. The van der Waals surface area contributed by atoms with E-state index in [0.29, 0.717) is 0 Å². The van der Waals surface area contributed by atoms with Crippen LogP contribution in [0.1, 0.15) is 12.8 Å². The van der Waals surface area contributed by atoms with Gasteiger partial charge in [-0.15, -0.1) is 0 Å². The number of amides is 2. The van der Waals surface area contributed by atoms with E-state index in [0.717, 1.165) is 0 Å². The van der Waals surface area contributed by atoms with E-state index in [9.17, 15) is 27.6 Å². The number of carboxylic acids is 1. The molecule has 1 aliphatic rings. The van der Waals surface area contributed by atoms with Crippen molar-refractivity contribution in [1.29, 1.82) is 0 Å². The number of carbonyl (C=O) groups is 3. The molecule has 20 heavy (non-hydrogen) atoms. The van der Waals surface area contributed by atoms with Gasteiger partial charge in [-0.25, -0.2) is 4.79 Å². The zero-order chi connectivity index (χ0) is 15.6. The Morgan fingerprint density at radius 3 is 2.35 bits per heavy atom. The van der Waals surface area contributed by atoms with Crippen LogP contribution in [0.4, 0.5) is 13.2 Å². The van der Waals surface area contributed by atoms with E-state index in [1.54, 1.807) is 5.32 Å². The van der Waals surface area contributed by atoms with Crippen LogP contribution in [0.2, 0.25) is 0 Å². The highest BCUT2D eigenvalue weighted by molar-refractivity contribution is 5.91. The van der Waals surface area contributed by atoms with Gasteiger partial charge >= 0.3 is 12.1 Å². The highest BCUT2D eigenvalue weighted by atomic mass is 19.4. The second-order valence-electron chi connectivity index (χ2n) is 4.54. The summed E-state index contributed by atoms with van der Waals surface area (Å²) in [5, 5.41) is 12.9. The average molecular weight is 297 g/mol. The number of hydrogen-bond donors (Lipinski definition) is 4. The second-order valence-corrected chi connectivity index (χ2v) is 4.54. The van der Waals surface area contributed by atoms with Crippen LogP contribution < -0.4 is 16.4 Å². The summed E-state index contributed by atoms with van der Waals surface area (Å²) < 4.78 is 39.1. The Morgan fingerprint density at radius 2 is 2.00 bits per heavy atom. The molecule has 2 atom stereocenters. The summed E-state index contributed by atoms with van der Waals surface area (Å²) in [6, 6.07) is -1.78. The lowest BCUT2D eigenvalue weighted by molar-refractivity contribution is -0.216. The first-order valence-corrected chi connectivity index (χ1v) is 5.69. The van der Waals surface area contributed by atoms with Crippen molar-refractivity contribution in [3.8, 4) is 0 Å². The van der Waals surface area contributed by atoms with Gasteiger partial charge in [0.25, 0.3) is 0 Å². The quantitative estimate of drug-likeness (QED) is 0.517. The minimum atomic E-state index is -4.82. The molecular weight excluding hydrogens is 283 g/mol. The van der Waals surface area contributed by atoms with Gasteiger partial charge in [0, 0.05) is 6.54 Å². The van der Waals surface area contributed by atoms with E-state index >= 15 is 0 Å². The lowest BCUT2D eigenvalue weighted by Gasteiger charge is -2.30. The zero-order valence-corrected chi connectivity index (χ0v) is 10.3. The van der Waals surface area contributed by atoms with Crippen LogP contribution in [0.15, 0.2) is 0 Å². The number of hydrogen-bond acceptors (Lipinski definition) is 4. The van der Waals surface area contributed by atoms with Crippen molar-refractivity contribution >= 4 is 17.8 Å². The van der Waals surface area contributed by atoms with E-state index < -0.39 is 54.8 Å². The Labute approximate surface area is 111 Å². The van der Waals surface area contributed by atoms with E-state index in [1.165, 1.54) is 0 Å². The molecule has 5 N–H and O–H groups in total. The van der Waals surface area contributed by atoms with Crippen molar-refractivity contribution in [2.24, 2.45) is 11.1 Å². The molecule has 2 unspecified atom stereocenters. The number of aliphatic carboxylic acids is 1. The number of nitrogens with one attached hydrogen (secondary N) is 2.